The van der Waals surface area contributed by atoms with Crippen LogP contribution in [0.4, 0.5) is 0 Å². The van der Waals surface area contributed by atoms with Crippen LogP contribution in [0.5, 0.6) is 0 Å². The van der Waals surface area contributed by atoms with Crippen molar-refractivity contribution in [3.05, 3.63) is 35.4 Å². The molecular weight excluding hydrogens is 266 g/mol. The summed E-state index contributed by atoms with van der Waals surface area (Å²) < 4.78 is 0. The molecule has 0 saturated carbocycles. The maximum Gasteiger partial charge on any atom is 0.303 e. The molecule has 1 N–H and O–H groups in total. The third-order valence-electron chi connectivity index (χ3n) is 3.62. The Bertz CT molecular complexity index is 509. The summed E-state index contributed by atoms with van der Waals surface area (Å²) in [5, 5.41) is 8.90. The lowest BCUT2D eigenvalue weighted by Gasteiger charge is -2.27. The first-order valence-electron chi connectivity index (χ1n) is 7.29. The minimum atomic E-state index is -0.866. The van der Waals surface area contributed by atoms with E-state index in [9.17, 15) is 9.59 Å². The fourth-order valence-corrected chi connectivity index (χ4v) is 2.36. The summed E-state index contributed by atoms with van der Waals surface area (Å²) in [6, 6.07) is 8.00. The summed E-state index contributed by atoms with van der Waals surface area (Å²) in [4.78, 5) is 25.1. The van der Waals surface area contributed by atoms with Crippen LogP contribution in [0.3, 0.4) is 0 Å². The minimum Gasteiger partial charge on any atom is -0.481 e. The number of hydrogen-bond acceptors (Lipinski definition) is 2. The molecule has 0 spiro atoms. The molecule has 0 aliphatic heterocycles. The molecule has 0 fully saturated rings. The van der Waals surface area contributed by atoms with Gasteiger partial charge in [-0.25, -0.2) is 0 Å². The predicted octanol–water partition coefficient (Wildman–Crippen LogP) is 3.23. The van der Waals surface area contributed by atoms with Crippen molar-refractivity contribution in [3.63, 3.8) is 0 Å². The molecule has 0 bridgehead atoms. The molecule has 0 heterocycles. The Morgan fingerprint density at radius 2 is 1.81 bits per heavy atom. The number of nitrogens with zero attached hydrogens (tertiary/aromatic N) is 1. The lowest BCUT2D eigenvalue weighted by atomic mass is 9.85. The second-order valence-electron chi connectivity index (χ2n) is 6.25. The fourth-order valence-electron chi connectivity index (χ4n) is 2.36. The van der Waals surface area contributed by atoms with Crippen LogP contribution in [0.1, 0.15) is 44.7 Å². The molecular formula is C17H25NO3. The molecule has 21 heavy (non-hydrogen) atoms. The lowest BCUT2D eigenvalue weighted by Crippen LogP contribution is -2.34. The number of aliphatic carboxylic acids is 1. The van der Waals surface area contributed by atoms with Gasteiger partial charge in [-0.3, -0.25) is 9.59 Å². The topological polar surface area (TPSA) is 57.6 Å². The van der Waals surface area contributed by atoms with Crippen LogP contribution >= 0.6 is 0 Å². The average Bonchev–Trinajstić information content (AvgIpc) is 2.35. The van der Waals surface area contributed by atoms with Gasteiger partial charge in [0.1, 0.15) is 0 Å². The van der Waals surface area contributed by atoms with Gasteiger partial charge in [0.05, 0.1) is 6.42 Å². The number of carbonyl (C=O) groups excluding carboxylic acids is 1. The maximum absolute atomic E-state index is 12.4. The Morgan fingerprint density at radius 3 is 2.33 bits per heavy atom. The third kappa shape index (κ3) is 5.58. The third-order valence-corrected chi connectivity index (χ3v) is 3.62. The molecule has 0 unspecified atom stereocenters. The molecule has 1 aromatic carbocycles. The van der Waals surface area contributed by atoms with Gasteiger partial charge in [0, 0.05) is 19.5 Å². The maximum atomic E-state index is 12.4. The quantitative estimate of drug-likeness (QED) is 0.839. The van der Waals surface area contributed by atoms with Crippen molar-refractivity contribution in [2.75, 3.05) is 6.54 Å². The average molecular weight is 291 g/mol. The zero-order chi connectivity index (χ0) is 16.0. The van der Waals surface area contributed by atoms with E-state index >= 15 is 0 Å². The summed E-state index contributed by atoms with van der Waals surface area (Å²) in [5.41, 5.74) is 1.76. The molecule has 0 atom stereocenters. The van der Waals surface area contributed by atoms with Gasteiger partial charge in [-0.2, -0.15) is 0 Å². The Balaban J connectivity index is 2.74. The van der Waals surface area contributed by atoms with Gasteiger partial charge in [0.25, 0.3) is 0 Å². The highest BCUT2D eigenvalue weighted by Gasteiger charge is 2.27. The van der Waals surface area contributed by atoms with E-state index < -0.39 is 11.4 Å². The summed E-state index contributed by atoms with van der Waals surface area (Å²) >= 11 is 0. The van der Waals surface area contributed by atoms with Crippen molar-refractivity contribution >= 4 is 11.9 Å². The van der Waals surface area contributed by atoms with Gasteiger partial charge in [-0.15, -0.1) is 0 Å². The summed E-state index contributed by atoms with van der Waals surface area (Å²) in [7, 11) is 0. The Kier molecular flexibility index (Phi) is 5.94. The van der Waals surface area contributed by atoms with Crippen LogP contribution < -0.4 is 0 Å². The second kappa shape index (κ2) is 7.25. The molecule has 0 aliphatic rings. The molecule has 4 heteroatoms. The first kappa shape index (κ1) is 17.2. The molecule has 0 radical (unpaired) electrons. The molecule has 1 aromatic rings. The van der Waals surface area contributed by atoms with Crippen molar-refractivity contribution < 1.29 is 14.7 Å². The van der Waals surface area contributed by atoms with Gasteiger partial charge >= 0.3 is 5.97 Å². The summed E-state index contributed by atoms with van der Waals surface area (Å²) in [6.07, 6.45) is 0.250. The van der Waals surface area contributed by atoms with E-state index in [4.69, 9.17) is 5.11 Å². The number of carboxylic acids is 1. The van der Waals surface area contributed by atoms with Gasteiger partial charge < -0.3 is 10.0 Å². The number of amides is 1. The Labute approximate surface area is 126 Å². The molecule has 0 saturated heterocycles. The van der Waals surface area contributed by atoms with Gasteiger partial charge in [0.2, 0.25) is 5.91 Å². The largest absolute Gasteiger partial charge is 0.481 e. The summed E-state index contributed by atoms with van der Waals surface area (Å²) in [5.74, 6) is -0.859. The monoisotopic (exact) mass is 291 g/mol. The standard InChI is InChI=1S/C17H25NO3/c1-5-18(12-14-9-7-6-8-13(14)2)15(19)10-17(3,4)11-16(20)21/h6-9H,5,10-12H2,1-4H3,(H,20,21). The molecule has 0 aliphatic carbocycles. The molecule has 1 rings (SSSR count). The Morgan fingerprint density at radius 1 is 1.19 bits per heavy atom. The highest BCUT2D eigenvalue weighted by Crippen LogP contribution is 2.26. The number of carbonyl (C=O) groups is 2. The molecule has 1 amide bonds. The number of hydrogen-bond donors (Lipinski definition) is 1. The zero-order valence-corrected chi connectivity index (χ0v) is 13.3. The van der Waals surface area contributed by atoms with Gasteiger partial charge in [0.15, 0.2) is 0 Å². The molecule has 116 valence electrons. The van der Waals surface area contributed by atoms with E-state index in [1.165, 1.54) is 0 Å². The number of benzene rings is 1. The second-order valence-corrected chi connectivity index (χ2v) is 6.25. The van der Waals surface area contributed by atoms with Crippen molar-refractivity contribution in [3.8, 4) is 0 Å². The van der Waals surface area contributed by atoms with E-state index in [0.29, 0.717) is 13.1 Å². The van der Waals surface area contributed by atoms with E-state index in [0.717, 1.165) is 11.1 Å². The summed E-state index contributed by atoms with van der Waals surface area (Å²) in [6.45, 7) is 8.81. The van der Waals surface area contributed by atoms with E-state index in [1.807, 2.05) is 52.0 Å². The number of aryl methyl sites for hydroxylation is 1. The van der Waals surface area contributed by atoms with Crippen LogP contribution in [-0.2, 0) is 16.1 Å². The molecule has 0 aromatic heterocycles. The predicted molar refractivity (Wildman–Crippen MR) is 82.9 cm³/mol. The van der Waals surface area contributed by atoms with Gasteiger partial charge in [-0.05, 0) is 30.4 Å². The fraction of sp³-hybridized carbons (Fsp3) is 0.529. The smallest absolute Gasteiger partial charge is 0.303 e. The van der Waals surface area contributed by atoms with Crippen LogP contribution in [-0.4, -0.2) is 28.4 Å². The zero-order valence-electron chi connectivity index (χ0n) is 13.3. The van der Waals surface area contributed by atoms with Crippen LogP contribution in [0, 0.1) is 12.3 Å². The van der Waals surface area contributed by atoms with E-state index in [1.54, 1.807) is 4.90 Å². The number of carboxylic acid groups (broad SMARTS) is 1. The van der Waals surface area contributed by atoms with E-state index in [2.05, 4.69) is 0 Å². The van der Waals surface area contributed by atoms with Crippen molar-refractivity contribution in [1.82, 2.24) is 4.90 Å². The first-order valence-corrected chi connectivity index (χ1v) is 7.29. The highest BCUT2D eigenvalue weighted by atomic mass is 16.4. The van der Waals surface area contributed by atoms with Crippen LogP contribution in [0.25, 0.3) is 0 Å². The van der Waals surface area contributed by atoms with Crippen molar-refractivity contribution in [2.45, 2.75) is 47.1 Å². The van der Waals surface area contributed by atoms with E-state index in [-0.39, 0.29) is 18.7 Å². The SMILES string of the molecule is CCN(Cc1ccccc1C)C(=O)CC(C)(C)CC(=O)O. The van der Waals surface area contributed by atoms with Crippen LogP contribution in [0.2, 0.25) is 0 Å². The normalized spacial score (nSPS) is 11.2. The van der Waals surface area contributed by atoms with Crippen molar-refractivity contribution in [2.24, 2.45) is 5.41 Å². The van der Waals surface area contributed by atoms with Gasteiger partial charge in [-0.1, -0.05) is 38.1 Å². The van der Waals surface area contributed by atoms with Crippen molar-refractivity contribution in [1.29, 1.82) is 0 Å². The molecule has 4 nitrogen and oxygen atoms in total. The highest BCUT2D eigenvalue weighted by molar-refractivity contribution is 5.78. The first-order chi connectivity index (χ1) is 9.75. The lowest BCUT2D eigenvalue weighted by molar-refractivity contribution is -0.140. The number of rotatable bonds is 7. The Hall–Kier alpha value is -1.84. The minimum absolute atomic E-state index is 0.000654. The van der Waals surface area contributed by atoms with Crippen LogP contribution in [0.15, 0.2) is 24.3 Å².